The van der Waals surface area contributed by atoms with E-state index in [-0.39, 0.29) is 6.61 Å². The van der Waals surface area contributed by atoms with Crippen LogP contribution in [0.15, 0.2) is 24.3 Å². The third kappa shape index (κ3) is 3.99. The van der Waals surface area contributed by atoms with Crippen LogP contribution in [0.1, 0.15) is 32.8 Å². The topological polar surface area (TPSA) is 66.4 Å². The van der Waals surface area contributed by atoms with Crippen molar-refractivity contribution in [2.45, 2.75) is 38.4 Å². The third-order valence-electron chi connectivity index (χ3n) is 2.61. The molecule has 0 fully saturated rings. The highest BCUT2D eigenvalue weighted by atomic mass is 32.2. The van der Waals surface area contributed by atoms with Crippen LogP contribution in [0.4, 0.5) is 5.69 Å². The molecule has 2 N–H and O–H groups in total. The summed E-state index contributed by atoms with van der Waals surface area (Å²) < 4.78 is 25.7. The number of rotatable bonds is 5. The minimum absolute atomic E-state index is 0.137. The molecule has 0 amide bonds. The molecule has 0 atom stereocenters. The number of benzene rings is 1. The van der Waals surface area contributed by atoms with Crippen molar-refractivity contribution < 1.29 is 13.5 Å². The minimum atomic E-state index is -3.39. The summed E-state index contributed by atoms with van der Waals surface area (Å²) in [4.78, 5) is 0. The highest BCUT2D eigenvalue weighted by Crippen LogP contribution is 2.20. The first-order valence-corrected chi connectivity index (χ1v) is 7.47. The lowest BCUT2D eigenvalue weighted by molar-refractivity contribution is 0.288. The quantitative estimate of drug-likeness (QED) is 0.862. The molecule has 0 aliphatic carbocycles. The van der Waals surface area contributed by atoms with E-state index in [1.54, 1.807) is 32.9 Å². The van der Waals surface area contributed by atoms with Crippen molar-refractivity contribution in [3.05, 3.63) is 29.8 Å². The summed E-state index contributed by atoms with van der Waals surface area (Å²) in [5, 5.41) is 8.78. The van der Waals surface area contributed by atoms with Gasteiger partial charge in [0.1, 0.15) is 0 Å². The fourth-order valence-corrected chi connectivity index (χ4v) is 2.13. The SMILES string of the molecule is CC(C)(C)S(=O)(=O)Nc1cccc(CCCO)c1. The first-order chi connectivity index (χ1) is 8.26. The molecule has 4 nitrogen and oxygen atoms in total. The Morgan fingerprint density at radius 1 is 1.28 bits per heavy atom. The molecule has 1 aromatic rings. The number of hydrogen-bond donors (Lipinski definition) is 2. The highest BCUT2D eigenvalue weighted by Gasteiger charge is 2.28. The molecule has 0 radical (unpaired) electrons. The van der Waals surface area contributed by atoms with E-state index in [9.17, 15) is 8.42 Å². The molecule has 0 aromatic heterocycles. The van der Waals surface area contributed by atoms with E-state index < -0.39 is 14.8 Å². The summed E-state index contributed by atoms with van der Waals surface area (Å²) in [6.45, 7) is 5.11. The van der Waals surface area contributed by atoms with Crippen molar-refractivity contribution >= 4 is 15.7 Å². The van der Waals surface area contributed by atoms with Crippen LogP contribution in [0.2, 0.25) is 0 Å². The van der Waals surface area contributed by atoms with Crippen LogP contribution >= 0.6 is 0 Å². The Hall–Kier alpha value is -1.07. The van der Waals surface area contributed by atoms with E-state index >= 15 is 0 Å². The summed E-state index contributed by atoms with van der Waals surface area (Å²) in [6, 6.07) is 7.27. The number of sulfonamides is 1. The maximum atomic E-state index is 12.0. The molecule has 0 saturated carbocycles. The Balaban J connectivity index is 2.86. The van der Waals surface area contributed by atoms with Gasteiger partial charge < -0.3 is 5.11 Å². The minimum Gasteiger partial charge on any atom is -0.396 e. The normalized spacial score (nSPS) is 12.4. The molecule has 0 aliphatic rings. The van der Waals surface area contributed by atoms with Crippen LogP contribution in [0, 0.1) is 0 Å². The monoisotopic (exact) mass is 271 g/mol. The van der Waals surface area contributed by atoms with Crippen LogP contribution in [0.25, 0.3) is 0 Å². The highest BCUT2D eigenvalue weighted by molar-refractivity contribution is 7.94. The molecule has 18 heavy (non-hydrogen) atoms. The molecule has 0 heterocycles. The Bertz CT molecular complexity index is 489. The van der Waals surface area contributed by atoms with Gasteiger partial charge in [0.05, 0.1) is 4.75 Å². The van der Waals surface area contributed by atoms with Crippen LogP contribution in [0.5, 0.6) is 0 Å². The van der Waals surface area contributed by atoms with Gasteiger partial charge in [-0.2, -0.15) is 0 Å². The van der Waals surface area contributed by atoms with Gasteiger partial charge >= 0.3 is 0 Å². The van der Waals surface area contributed by atoms with E-state index in [1.807, 2.05) is 12.1 Å². The first kappa shape index (κ1) is 15.0. The lowest BCUT2D eigenvalue weighted by Crippen LogP contribution is -2.33. The average Bonchev–Trinajstić information content (AvgIpc) is 2.24. The summed E-state index contributed by atoms with van der Waals surface area (Å²) >= 11 is 0. The van der Waals surface area contributed by atoms with Gasteiger partial charge in [0.25, 0.3) is 0 Å². The standard InChI is InChI=1S/C13H21NO3S/c1-13(2,3)18(16,17)14-12-8-4-6-11(10-12)7-5-9-15/h4,6,8,10,14-15H,5,7,9H2,1-3H3. The van der Waals surface area contributed by atoms with Crippen LogP contribution in [0.3, 0.4) is 0 Å². The molecular weight excluding hydrogens is 250 g/mol. The molecular formula is C13H21NO3S. The third-order valence-corrected chi connectivity index (χ3v) is 4.73. The maximum Gasteiger partial charge on any atom is 0.237 e. The van der Waals surface area contributed by atoms with Crippen molar-refractivity contribution in [3.63, 3.8) is 0 Å². The second-order valence-corrected chi connectivity index (χ2v) is 7.68. The molecule has 0 spiro atoms. The Morgan fingerprint density at radius 3 is 2.50 bits per heavy atom. The molecule has 5 heteroatoms. The molecule has 102 valence electrons. The van der Waals surface area contributed by atoms with E-state index in [0.29, 0.717) is 12.1 Å². The molecule has 1 aromatic carbocycles. The fourth-order valence-electron chi connectivity index (χ4n) is 1.38. The Morgan fingerprint density at radius 2 is 1.94 bits per heavy atom. The number of nitrogens with one attached hydrogen (secondary N) is 1. The first-order valence-electron chi connectivity index (χ1n) is 5.98. The van der Waals surface area contributed by atoms with Gasteiger partial charge in [-0.15, -0.1) is 0 Å². The van der Waals surface area contributed by atoms with Gasteiger partial charge in [-0.3, -0.25) is 4.72 Å². The van der Waals surface area contributed by atoms with Crippen molar-refractivity contribution in [2.24, 2.45) is 0 Å². The lowest BCUT2D eigenvalue weighted by Gasteiger charge is -2.20. The van der Waals surface area contributed by atoms with Crippen molar-refractivity contribution in [2.75, 3.05) is 11.3 Å². The van der Waals surface area contributed by atoms with Crippen LogP contribution in [-0.4, -0.2) is 24.9 Å². The van der Waals surface area contributed by atoms with Gasteiger partial charge in [0, 0.05) is 12.3 Å². The smallest absolute Gasteiger partial charge is 0.237 e. The molecule has 1 rings (SSSR count). The molecule has 0 unspecified atom stereocenters. The predicted molar refractivity (Wildman–Crippen MR) is 74.1 cm³/mol. The average molecular weight is 271 g/mol. The zero-order valence-corrected chi connectivity index (χ0v) is 11.9. The Kier molecular flexibility index (Phi) is 4.76. The van der Waals surface area contributed by atoms with E-state index in [0.717, 1.165) is 12.0 Å². The number of anilines is 1. The second kappa shape index (κ2) is 5.71. The zero-order valence-electron chi connectivity index (χ0n) is 11.1. The van der Waals surface area contributed by atoms with Crippen molar-refractivity contribution in [1.82, 2.24) is 0 Å². The van der Waals surface area contributed by atoms with Crippen molar-refractivity contribution in [1.29, 1.82) is 0 Å². The van der Waals surface area contributed by atoms with E-state index in [2.05, 4.69) is 4.72 Å². The van der Waals surface area contributed by atoms with Crippen LogP contribution in [-0.2, 0) is 16.4 Å². The Labute approximate surface area is 109 Å². The summed E-state index contributed by atoms with van der Waals surface area (Å²) in [7, 11) is -3.39. The number of hydrogen-bond acceptors (Lipinski definition) is 3. The summed E-state index contributed by atoms with van der Waals surface area (Å²) in [5.41, 5.74) is 1.58. The number of aryl methyl sites for hydroxylation is 1. The van der Waals surface area contributed by atoms with E-state index in [1.165, 1.54) is 0 Å². The van der Waals surface area contributed by atoms with Gasteiger partial charge in [0.2, 0.25) is 10.0 Å². The van der Waals surface area contributed by atoms with Gasteiger partial charge in [-0.1, -0.05) is 12.1 Å². The van der Waals surface area contributed by atoms with E-state index in [4.69, 9.17) is 5.11 Å². The van der Waals surface area contributed by atoms with Gasteiger partial charge in [0.15, 0.2) is 0 Å². The number of aliphatic hydroxyl groups excluding tert-OH is 1. The largest absolute Gasteiger partial charge is 0.396 e. The molecule has 0 saturated heterocycles. The van der Waals surface area contributed by atoms with Crippen molar-refractivity contribution in [3.8, 4) is 0 Å². The van der Waals surface area contributed by atoms with Gasteiger partial charge in [-0.05, 0) is 51.3 Å². The summed E-state index contributed by atoms with van der Waals surface area (Å²) in [5.74, 6) is 0. The number of aliphatic hydroxyl groups is 1. The summed E-state index contributed by atoms with van der Waals surface area (Å²) in [6.07, 6.45) is 1.41. The maximum absolute atomic E-state index is 12.0. The molecule has 0 aliphatic heterocycles. The molecule has 0 bridgehead atoms. The van der Waals surface area contributed by atoms with Gasteiger partial charge in [-0.25, -0.2) is 8.42 Å². The van der Waals surface area contributed by atoms with Crippen LogP contribution < -0.4 is 4.72 Å². The zero-order chi connectivity index (χ0) is 13.8. The lowest BCUT2D eigenvalue weighted by atomic mass is 10.1. The predicted octanol–water partition coefficient (Wildman–Crippen LogP) is 2.15. The fraction of sp³-hybridized carbons (Fsp3) is 0.538. The second-order valence-electron chi connectivity index (χ2n) is 5.25.